The molecule has 0 unspecified atom stereocenters. The number of carbonyl (C=O) groups is 2. The molecular weight excluding hydrogens is 354 g/mol. The van der Waals surface area contributed by atoms with Crippen molar-refractivity contribution in [2.24, 2.45) is 0 Å². The number of fused-ring (bicyclic) bond motifs is 1. The van der Waals surface area contributed by atoms with Gasteiger partial charge >= 0.3 is 0 Å². The quantitative estimate of drug-likeness (QED) is 0.734. The first-order chi connectivity index (χ1) is 11.0. The van der Waals surface area contributed by atoms with Crippen LogP contribution in [0.1, 0.15) is 20.3 Å². The van der Waals surface area contributed by atoms with Crippen molar-refractivity contribution in [1.29, 1.82) is 0 Å². The van der Waals surface area contributed by atoms with E-state index in [9.17, 15) is 9.59 Å². The minimum absolute atomic E-state index is 0.167. The first-order valence-corrected chi connectivity index (χ1v) is 9.43. The summed E-state index contributed by atoms with van der Waals surface area (Å²) in [6.45, 7) is 4.26. The van der Waals surface area contributed by atoms with E-state index in [0.717, 1.165) is 21.0 Å². The van der Waals surface area contributed by atoms with Gasteiger partial charge in [0.25, 0.3) is 0 Å². The second-order valence-electron chi connectivity index (χ2n) is 4.96. The average molecular weight is 372 g/mol. The van der Waals surface area contributed by atoms with Gasteiger partial charge in [-0.1, -0.05) is 30.3 Å². The lowest BCUT2D eigenvalue weighted by Gasteiger charge is -2.13. The molecule has 2 amide bonds. The molecule has 0 spiro atoms. The SMILES string of the molecule is CCCNC(=O)[C@@H](C)NC(=O)CSc1nc2cc(Cl)ccc2s1. The third kappa shape index (κ3) is 5.37. The third-order valence-electron chi connectivity index (χ3n) is 2.98. The maximum atomic E-state index is 11.9. The Labute approximate surface area is 148 Å². The molecule has 0 bridgehead atoms. The second kappa shape index (κ2) is 8.52. The average Bonchev–Trinajstić information content (AvgIpc) is 2.92. The number of thiazole rings is 1. The predicted molar refractivity (Wildman–Crippen MR) is 96.3 cm³/mol. The highest BCUT2D eigenvalue weighted by molar-refractivity contribution is 8.01. The molecule has 23 heavy (non-hydrogen) atoms. The van der Waals surface area contributed by atoms with Crippen LogP contribution in [0.5, 0.6) is 0 Å². The first-order valence-electron chi connectivity index (χ1n) is 7.25. The third-order valence-corrected chi connectivity index (χ3v) is 5.39. The van der Waals surface area contributed by atoms with Crippen LogP contribution in [0, 0.1) is 0 Å². The van der Waals surface area contributed by atoms with Crippen LogP contribution >= 0.6 is 34.7 Å². The molecule has 0 saturated carbocycles. The van der Waals surface area contributed by atoms with Crippen LogP contribution in [0.3, 0.4) is 0 Å². The van der Waals surface area contributed by atoms with Crippen molar-refractivity contribution in [2.45, 2.75) is 30.6 Å². The van der Waals surface area contributed by atoms with E-state index in [4.69, 9.17) is 11.6 Å². The molecule has 2 rings (SSSR count). The molecule has 2 N–H and O–H groups in total. The van der Waals surface area contributed by atoms with Crippen LogP contribution in [-0.4, -0.2) is 35.1 Å². The molecule has 1 heterocycles. The molecule has 1 aromatic carbocycles. The number of benzene rings is 1. The molecule has 0 aliphatic carbocycles. The zero-order valence-corrected chi connectivity index (χ0v) is 15.3. The van der Waals surface area contributed by atoms with Crippen LogP contribution in [0.2, 0.25) is 5.02 Å². The van der Waals surface area contributed by atoms with Gasteiger partial charge in [0, 0.05) is 11.6 Å². The van der Waals surface area contributed by atoms with Crippen molar-refractivity contribution >= 4 is 56.7 Å². The van der Waals surface area contributed by atoms with Gasteiger partial charge in [0.2, 0.25) is 11.8 Å². The summed E-state index contributed by atoms with van der Waals surface area (Å²) in [7, 11) is 0. The number of amides is 2. The minimum atomic E-state index is -0.538. The maximum Gasteiger partial charge on any atom is 0.242 e. The van der Waals surface area contributed by atoms with Crippen molar-refractivity contribution < 1.29 is 9.59 Å². The van der Waals surface area contributed by atoms with Gasteiger partial charge in [-0.2, -0.15) is 0 Å². The zero-order valence-electron chi connectivity index (χ0n) is 12.9. The van der Waals surface area contributed by atoms with E-state index in [2.05, 4.69) is 15.6 Å². The molecule has 0 aliphatic heterocycles. The monoisotopic (exact) mass is 371 g/mol. The highest BCUT2D eigenvalue weighted by Gasteiger charge is 2.15. The number of aromatic nitrogens is 1. The molecule has 5 nitrogen and oxygen atoms in total. The number of hydrogen-bond acceptors (Lipinski definition) is 5. The minimum Gasteiger partial charge on any atom is -0.354 e. The highest BCUT2D eigenvalue weighted by atomic mass is 35.5. The molecular formula is C15H18ClN3O2S2. The molecule has 0 radical (unpaired) electrons. The van der Waals surface area contributed by atoms with Crippen molar-refractivity contribution in [3.05, 3.63) is 23.2 Å². The summed E-state index contributed by atoms with van der Waals surface area (Å²) >= 11 is 8.80. The fourth-order valence-electron chi connectivity index (χ4n) is 1.82. The lowest BCUT2D eigenvalue weighted by Crippen LogP contribution is -2.45. The lowest BCUT2D eigenvalue weighted by atomic mass is 10.3. The van der Waals surface area contributed by atoms with E-state index in [1.807, 2.05) is 19.1 Å². The second-order valence-corrected chi connectivity index (χ2v) is 7.65. The molecule has 1 aromatic heterocycles. The summed E-state index contributed by atoms with van der Waals surface area (Å²) in [6, 6.07) is 5.00. The number of rotatable bonds is 7. The number of nitrogens with one attached hydrogen (secondary N) is 2. The van der Waals surface area contributed by atoms with Crippen molar-refractivity contribution in [3.63, 3.8) is 0 Å². The molecule has 8 heteroatoms. The van der Waals surface area contributed by atoms with Crippen LogP contribution in [0.25, 0.3) is 10.2 Å². The number of carbonyl (C=O) groups excluding carboxylic acids is 2. The van der Waals surface area contributed by atoms with Gasteiger partial charge < -0.3 is 10.6 Å². The van der Waals surface area contributed by atoms with Gasteiger partial charge in [0.15, 0.2) is 4.34 Å². The number of thioether (sulfide) groups is 1. The fraction of sp³-hybridized carbons (Fsp3) is 0.400. The predicted octanol–water partition coefficient (Wildman–Crippen LogP) is 3.07. The Morgan fingerprint density at radius 3 is 2.96 bits per heavy atom. The van der Waals surface area contributed by atoms with E-state index in [1.54, 1.807) is 13.0 Å². The van der Waals surface area contributed by atoms with Crippen molar-refractivity contribution in [2.75, 3.05) is 12.3 Å². The Balaban J connectivity index is 1.84. The summed E-state index contributed by atoms with van der Waals surface area (Å²) in [6.07, 6.45) is 0.865. The van der Waals surface area contributed by atoms with Gasteiger partial charge in [-0.25, -0.2) is 4.98 Å². The Morgan fingerprint density at radius 1 is 1.43 bits per heavy atom. The Bertz CT molecular complexity index is 705. The summed E-state index contributed by atoms with van der Waals surface area (Å²) in [4.78, 5) is 28.1. The van der Waals surface area contributed by atoms with Crippen LogP contribution in [0.15, 0.2) is 22.5 Å². The van der Waals surface area contributed by atoms with E-state index in [0.29, 0.717) is 11.6 Å². The van der Waals surface area contributed by atoms with Gasteiger partial charge in [0.1, 0.15) is 6.04 Å². The van der Waals surface area contributed by atoms with Gasteiger partial charge in [0.05, 0.1) is 16.0 Å². The van der Waals surface area contributed by atoms with Crippen molar-refractivity contribution in [3.8, 4) is 0 Å². The molecule has 0 aliphatic rings. The molecule has 124 valence electrons. The summed E-state index contributed by atoms with van der Waals surface area (Å²) in [5.41, 5.74) is 0.831. The van der Waals surface area contributed by atoms with E-state index in [1.165, 1.54) is 23.1 Å². The number of halogens is 1. The van der Waals surface area contributed by atoms with E-state index >= 15 is 0 Å². The number of nitrogens with zero attached hydrogens (tertiary/aromatic N) is 1. The van der Waals surface area contributed by atoms with E-state index in [-0.39, 0.29) is 17.6 Å². The van der Waals surface area contributed by atoms with Crippen LogP contribution < -0.4 is 10.6 Å². The molecule has 0 saturated heterocycles. The topological polar surface area (TPSA) is 71.1 Å². The summed E-state index contributed by atoms with van der Waals surface area (Å²) in [5.74, 6) is -0.134. The Morgan fingerprint density at radius 2 is 2.22 bits per heavy atom. The maximum absolute atomic E-state index is 11.9. The largest absolute Gasteiger partial charge is 0.354 e. The normalized spacial score (nSPS) is 12.1. The zero-order chi connectivity index (χ0) is 16.8. The fourth-order valence-corrected chi connectivity index (χ4v) is 3.84. The smallest absolute Gasteiger partial charge is 0.242 e. The van der Waals surface area contributed by atoms with Gasteiger partial charge in [-0.15, -0.1) is 11.3 Å². The van der Waals surface area contributed by atoms with Crippen molar-refractivity contribution in [1.82, 2.24) is 15.6 Å². The van der Waals surface area contributed by atoms with Gasteiger partial charge in [-0.3, -0.25) is 9.59 Å². The molecule has 2 aromatic rings. The van der Waals surface area contributed by atoms with E-state index < -0.39 is 6.04 Å². The Kier molecular flexibility index (Phi) is 6.68. The Hall–Kier alpha value is -1.31. The summed E-state index contributed by atoms with van der Waals surface area (Å²) in [5, 5.41) is 6.08. The lowest BCUT2D eigenvalue weighted by molar-refractivity contribution is -0.127. The van der Waals surface area contributed by atoms with Crippen LogP contribution in [-0.2, 0) is 9.59 Å². The van der Waals surface area contributed by atoms with Gasteiger partial charge in [-0.05, 0) is 31.5 Å². The molecule has 1 atom stereocenters. The van der Waals surface area contributed by atoms with Crippen LogP contribution in [0.4, 0.5) is 0 Å². The first kappa shape index (κ1) is 18.0. The highest BCUT2D eigenvalue weighted by Crippen LogP contribution is 2.30. The molecule has 0 fully saturated rings. The summed E-state index contributed by atoms with van der Waals surface area (Å²) < 4.78 is 1.84. The number of hydrogen-bond donors (Lipinski definition) is 2. The standard InChI is InChI=1S/C15H18ClN3O2S2/c1-3-6-17-14(21)9(2)18-13(20)8-22-15-19-11-7-10(16)4-5-12(11)23-15/h4-5,7,9H,3,6,8H2,1-2H3,(H,17,21)(H,18,20)/t9-/m1/s1.